The van der Waals surface area contributed by atoms with Crippen LogP contribution in [0.1, 0.15) is 5.82 Å². The standard InChI is InChI=1S/C13H15N5/c1-8-15-10-5-4-9(6-12(10)17(8)2)11-7-13(14)18(3)16-11/h4-7H,14H2,1-3H3. The van der Waals surface area contributed by atoms with E-state index in [0.717, 1.165) is 28.1 Å². The fourth-order valence-corrected chi connectivity index (χ4v) is 2.09. The van der Waals surface area contributed by atoms with E-state index >= 15 is 0 Å². The molecule has 3 rings (SSSR count). The summed E-state index contributed by atoms with van der Waals surface area (Å²) < 4.78 is 3.75. The lowest BCUT2D eigenvalue weighted by atomic mass is 10.1. The highest BCUT2D eigenvalue weighted by Crippen LogP contribution is 2.24. The largest absolute Gasteiger partial charge is 0.384 e. The van der Waals surface area contributed by atoms with Crippen molar-refractivity contribution >= 4 is 16.9 Å². The zero-order valence-electron chi connectivity index (χ0n) is 10.7. The van der Waals surface area contributed by atoms with E-state index in [2.05, 4.69) is 20.7 Å². The number of aromatic nitrogens is 4. The average Bonchev–Trinajstić information content (AvgIpc) is 2.82. The number of fused-ring (bicyclic) bond motifs is 1. The Balaban J connectivity index is 2.21. The van der Waals surface area contributed by atoms with Crippen molar-refractivity contribution in [2.75, 3.05) is 5.73 Å². The van der Waals surface area contributed by atoms with Crippen LogP contribution in [0.3, 0.4) is 0 Å². The van der Waals surface area contributed by atoms with Gasteiger partial charge in [-0.15, -0.1) is 0 Å². The molecule has 18 heavy (non-hydrogen) atoms. The molecule has 0 atom stereocenters. The van der Waals surface area contributed by atoms with Crippen LogP contribution < -0.4 is 5.73 Å². The molecule has 92 valence electrons. The fourth-order valence-electron chi connectivity index (χ4n) is 2.09. The van der Waals surface area contributed by atoms with E-state index in [-0.39, 0.29) is 0 Å². The number of aryl methyl sites for hydroxylation is 3. The van der Waals surface area contributed by atoms with Gasteiger partial charge in [-0.25, -0.2) is 4.98 Å². The van der Waals surface area contributed by atoms with Crippen molar-refractivity contribution in [3.8, 4) is 11.3 Å². The minimum Gasteiger partial charge on any atom is -0.384 e. The van der Waals surface area contributed by atoms with Crippen molar-refractivity contribution in [2.24, 2.45) is 14.1 Å². The van der Waals surface area contributed by atoms with Crippen molar-refractivity contribution in [2.45, 2.75) is 6.92 Å². The Morgan fingerprint density at radius 3 is 2.61 bits per heavy atom. The summed E-state index contributed by atoms with van der Waals surface area (Å²) in [6.45, 7) is 2.00. The van der Waals surface area contributed by atoms with Gasteiger partial charge in [0.15, 0.2) is 0 Å². The van der Waals surface area contributed by atoms with E-state index in [1.165, 1.54) is 0 Å². The van der Waals surface area contributed by atoms with Gasteiger partial charge in [0.2, 0.25) is 0 Å². The maximum absolute atomic E-state index is 5.81. The Kier molecular flexibility index (Phi) is 2.16. The Morgan fingerprint density at radius 1 is 1.17 bits per heavy atom. The number of nitrogens with two attached hydrogens (primary N) is 1. The third-order valence-corrected chi connectivity index (χ3v) is 3.32. The fraction of sp³-hybridized carbons (Fsp3) is 0.231. The van der Waals surface area contributed by atoms with Crippen molar-refractivity contribution in [3.63, 3.8) is 0 Å². The van der Waals surface area contributed by atoms with Crippen molar-refractivity contribution < 1.29 is 0 Å². The molecule has 0 saturated carbocycles. The summed E-state index contributed by atoms with van der Waals surface area (Å²) >= 11 is 0. The first-order chi connectivity index (χ1) is 8.56. The molecule has 0 aliphatic rings. The molecule has 2 aromatic heterocycles. The van der Waals surface area contributed by atoms with Crippen LogP contribution in [0.15, 0.2) is 24.3 Å². The summed E-state index contributed by atoms with van der Waals surface area (Å²) in [6, 6.07) is 8.01. The van der Waals surface area contributed by atoms with E-state index in [1.54, 1.807) is 4.68 Å². The minimum absolute atomic E-state index is 0.659. The van der Waals surface area contributed by atoms with Crippen LogP contribution in [0.25, 0.3) is 22.3 Å². The highest BCUT2D eigenvalue weighted by atomic mass is 15.3. The van der Waals surface area contributed by atoms with Gasteiger partial charge in [-0.3, -0.25) is 4.68 Å². The second kappa shape index (κ2) is 3.60. The molecular formula is C13H15N5. The summed E-state index contributed by atoms with van der Waals surface area (Å²) in [7, 11) is 3.85. The van der Waals surface area contributed by atoms with Crippen LogP contribution in [0.5, 0.6) is 0 Å². The molecule has 2 N–H and O–H groups in total. The summed E-state index contributed by atoms with van der Waals surface area (Å²) in [6.07, 6.45) is 0. The Hall–Kier alpha value is -2.30. The molecule has 1 aromatic carbocycles. The zero-order valence-corrected chi connectivity index (χ0v) is 10.7. The Bertz CT molecular complexity index is 716. The maximum atomic E-state index is 5.81. The van der Waals surface area contributed by atoms with Gasteiger partial charge < -0.3 is 10.3 Å². The second-order valence-electron chi connectivity index (χ2n) is 4.50. The first-order valence-corrected chi connectivity index (χ1v) is 5.79. The van der Waals surface area contributed by atoms with Crippen LogP contribution in [0.4, 0.5) is 5.82 Å². The van der Waals surface area contributed by atoms with Gasteiger partial charge >= 0.3 is 0 Å². The third kappa shape index (κ3) is 1.48. The SMILES string of the molecule is Cc1nc2ccc(-c3cc(N)n(C)n3)cc2n1C. The smallest absolute Gasteiger partial charge is 0.121 e. The van der Waals surface area contributed by atoms with Gasteiger partial charge in [-0.1, -0.05) is 6.07 Å². The molecule has 0 fully saturated rings. The summed E-state index contributed by atoms with van der Waals surface area (Å²) in [4.78, 5) is 4.48. The first-order valence-electron chi connectivity index (χ1n) is 5.79. The van der Waals surface area contributed by atoms with E-state index < -0.39 is 0 Å². The first kappa shape index (κ1) is 10.8. The summed E-state index contributed by atoms with van der Waals surface area (Å²) in [5, 5.41) is 4.39. The Morgan fingerprint density at radius 2 is 1.94 bits per heavy atom. The third-order valence-electron chi connectivity index (χ3n) is 3.32. The van der Waals surface area contributed by atoms with Crippen molar-refractivity contribution in [1.29, 1.82) is 0 Å². The molecule has 3 aromatic rings. The lowest BCUT2D eigenvalue weighted by Crippen LogP contribution is -1.96. The average molecular weight is 241 g/mol. The van der Waals surface area contributed by atoms with Gasteiger partial charge in [0.05, 0.1) is 16.7 Å². The zero-order chi connectivity index (χ0) is 12.9. The van der Waals surface area contributed by atoms with Crippen LogP contribution in [0.2, 0.25) is 0 Å². The molecule has 2 heterocycles. The van der Waals surface area contributed by atoms with Crippen molar-refractivity contribution in [3.05, 3.63) is 30.1 Å². The summed E-state index contributed by atoms with van der Waals surface area (Å²) in [5.41, 5.74) is 9.85. The molecule has 0 bridgehead atoms. The Labute approximate surface area is 105 Å². The number of imidazole rings is 1. The predicted molar refractivity (Wildman–Crippen MR) is 72.1 cm³/mol. The van der Waals surface area contributed by atoms with Gasteiger partial charge in [-0.2, -0.15) is 5.10 Å². The molecular weight excluding hydrogens is 226 g/mol. The monoisotopic (exact) mass is 241 g/mol. The molecule has 0 unspecified atom stereocenters. The molecule has 5 nitrogen and oxygen atoms in total. The highest BCUT2D eigenvalue weighted by molar-refractivity contribution is 5.82. The van der Waals surface area contributed by atoms with Gasteiger partial charge in [0.25, 0.3) is 0 Å². The maximum Gasteiger partial charge on any atom is 0.121 e. The second-order valence-corrected chi connectivity index (χ2v) is 4.50. The van der Waals surface area contributed by atoms with E-state index in [4.69, 9.17) is 5.73 Å². The lowest BCUT2D eigenvalue weighted by Gasteiger charge is -1.99. The number of rotatable bonds is 1. The number of hydrogen-bond donors (Lipinski definition) is 1. The van der Waals surface area contributed by atoms with Gasteiger partial charge in [-0.05, 0) is 19.1 Å². The number of nitrogen functional groups attached to an aromatic ring is 1. The molecule has 0 aliphatic carbocycles. The number of anilines is 1. The summed E-state index contributed by atoms with van der Waals surface area (Å²) in [5.74, 6) is 1.66. The topological polar surface area (TPSA) is 61.7 Å². The number of benzene rings is 1. The number of nitrogens with zero attached hydrogens (tertiary/aromatic N) is 4. The minimum atomic E-state index is 0.659. The highest BCUT2D eigenvalue weighted by Gasteiger charge is 2.09. The van der Waals surface area contributed by atoms with Gasteiger partial charge in [0, 0.05) is 25.7 Å². The normalized spacial score (nSPS) is 11.3. The van der Waals surface area contributed by atoms with Crippen LogP contribution >= 0.6 is 0 Å². The van der Waals surface area contributed by atoms with Crippen LogP contribution in [-0.2, 0) is 14.1 Å². The quantitative estimate of drug-likeness (QED) is 0.707. The molecule has 5 heteroatoms. The van der Waals surface area contributed by atoms with Crippen molar-refractivity contribution in [1.82, 2.24) is 19.3 Å². The predicted octanol–water partition coefficient (Wildman–Crippen LogP) is 1.86. The van der Waals surface area contributed by atoms with Crippen LogP contribution in [0, 0.1) is 6.92 Å². The molecule has 0 aliphatic heterocycles. The van der Waals surface area contributed by atoms with E-state index in [0.29, 0.717) is 5.82 Å². The molecule has 0 saturated heterocycles. The molecule has 0 spiro atoms. The van der Waals surface area contributed by atoms with Crippen LogP contribution in [-0.4, -0.2) is 19.3 Å². The molecule has 0 radical (unpaired) electrons. The van der Waals surface area contributed by atoms with E-state index in [9.17, 15) is 0 Å². The van der Waals surface area contributed by atoms with E-state index in [1.807, 2.05) is 39.2 Å². The lowest BCUT2D eigenvalue weighted by molar-refractivity contribution is 0.782. The number of hydrogen-bond acceptors (Lipinski definition) is 3. The molecule has 0 amide bonds. The van der Waals surface area contributed by atoms with Gasteiger partial charge in [0.1, 0.15) is 11.6 Å².